The highest BCUT2D eigenvalue weighted by Crippen LogP contribution is 2.36. The van der Waals surface area contributed by atoms with E-state index in [2.05, 4.69) is 10.3 Å². The molecule has 1 aromatic heterocycles. The Labute approximate surface area is 94.9 Å². The maximum atomic E-state index is 5.84. The van der Waals surface area contributed by atoms with Crippen molar-refractivity contribution in [3.05, 3.63) is 30.1 Å². The molecule has 1 aromatic rings. The fraction of sp³-hybridized carbons (Fsp3) is 0.455. The van der Waals surface area contributed by atoms with Gasteiger partial charge >= 0.3 is 0 Å². The molecule has 0 spiro atoms. The fourth-order valence-electron chi connectivity index (χ4n) is 1.98. The van der Waals surface area contributed by atoms with Crippen LogP contribution in [0.15, 0.2) is 24.5 Å². The Morgan fingerprint density at radius 2 is 2.53 bits per heavy atom. The molecule has 0 amide bonds. The molecule has 1 atom stereocenters. The summed E-state index contributed by atoms with van der Waals surface area (Å²) in [6, 6.07) is 3.93. The van der Waals surface area contributed by atoms with E-state index < -0.39 is 5.60 Å². The third-order valence-corrected chi connectivity index (χ3v) is 3.28. The molecule has 0 unspecified atom stereocenters. The molecule has 2 rings (SSSR count). The maximum Gasteiger partial charge on any atom is 0.144 e. The predicted octanol–water partition coefficient (Wildman–Crippen LogP) is 1.63. The van der Waals surface area contributed by atoms with Crippen molar-refractivity contribution >= 4 is 17.2 Å². The van der Waals surface area contributed by atoms with Crippen molar-refractivity contribution in [2.24, 2.45) is 0 Å². The van der Waals surface area contributed by atoms with Crippen LogP contribution in [-0.4, -0.2) is 23.6 Å². The van der Waals surface area contributed by atoms with Gasteiger partial charge in [0.15, 0.2) is 0 Å². The Bertz CT molecular complexity index is 347. The van der Waals surface area contributed by atoms with Crippen LogP contribution in [0, 0.1) is 0 Å². The van der Waals surface area contributed by atoms with E-state index in [1.165, 1.54) is 0 Å². The van der Waals surface area contributed by atoms with Gasteiger partial charge in [-0.15, -0.1) is 0 Å². The molecule has 0 bridgehead atoms. The molecule has 80 valence electrons. The lowest BCUT2D eigenvalue weighted by Gasteiger charge is -2.29. The van der Waals surface area contributed by atoms with E-state index in [9.17, 15) is 0 Å². The highest BCUT2D eigenvalue weighted by atomic mass is 32.1. The third-order valence-electron chi connectivity index (χ3n) is 2.74. The predicted molar refractivity (Wildman–Crippen MR) is 62.8 cm³/mol. The zero-order chi connectivity index (χ0) is 10.7. The second-order valence-corrected chi connectivity index (χ2v) is 4.01. The van der Waals surface area contributed by atoms with E-state index in [1.807, 2.05) is 25.4 Å². The quantitative estimate of drug-likeness (QED) is 0.771. The van der Waals surface area contributed by atoms with Gasteiger partial charge in [-0.25, -0.2) is 0 Å². The number of pyridine rings is 1. The van der Waals surface area contributed by atoms with Gasteiger partial charge in [0.1, 0.15) is 10.6 Å². The van der Waals surface area contributed by atoms with Gasteiger partial charge in [-0.3, -0.25) is 4.98 Å². The first-order valence-corrected chi connectivity index (χ1v) is 5.47. The van der Waals surface area contributed by atoms with Gasteiger partial charge in [0, 0.05) is 31.6 Å². The molecule has 0 saturated carbocycles. The number of hydrogen-bond donors (Lipinski definition) is 1. The van der Waals surface area contributed by atoms with Crippen molar-refractivity contribution in [3.8, 4) is 0 Å². The zero-order valence-corrected chi connectivity index (χ0v) is 9.51. The number of aromatic nitrogens is 1. The van der Waals surface area contributed by atoms with E-state index in [0.717, 1.165) is 30.0 Å². The van der Waals surface area contributed by atoms with Crippen LogP contribution in [-0.2, 0) is 10.3 Å². The SMILES string of the molecule is CNC(=S)[C@]1(c2cccnc2)CCCO1. The Balaban J connectivity index is 2.39. The minimum Gasteiger partial charge on any atom is -0.380 e. The highest BCUT2D eigenvalue weighted by molar-refractivity contribution is 7.80. The van der Waals surface area contributed by atoms with Gasteiger partial charge in [0.25, 0.3) is 0 Å². The first-order valence-electron chi connectivity index (χ1n) is 5.06. The molecule has 15 heavy (non-hydrogen) atoms. The average molecular weight is 222 g/mol. The molecule has 1 aliphatic rings. The summed E-state index contributed by atoms with van der Waals surface area (Å²) in [7, 11) is 1.84. The summed E-state index contributed by atoms with van der Waals surface area (Å²) < 4.78 is 5.84. The number of ether oxygens (including phenoxy) is 1. The number of nitrogens with zero attached hydrogens (tertiary/aromatic N) is 1. The van der Waals surface area contributed by atoms with E-state index >= 15 is 0 Å². The Morgan fingerprint density at radius 3 is 3.07 bits per heavy atom. The average Bonchev–Trinajstić information content (AvgIpc) is 2.79. The maximum absolute atomic E-state index is 5.84. The highest BCUT2D eigenvalue weighted by Gasteiger charge is 2.41. The van der Waals surface area contributed by atoms with E-state index in [1.54, 1.807) is 6.20 Å². The molecule has 4 heteroatoms. The van der Waals surface area contributed by atoms with Crippen molar-refractivity contribution in [1.82, 2.24) is 10.3 Å². The number of likely N-dealkylation sites (N-methyl/N-ethyl adjacent to an activating group) is 1. The molecule has 2 heterocycles. The zero-order valence-electron chi connectivity index (χ0n) is 8.69. The summed E-state index contributed by atoms with van der Waals surface area (Å²) in [5, 5.41) is 3.02. The van der Waals surface area contributed by atoms with Gasteiger partial charge < -0.3 is 10.1 Å². The van der Waals surface area contributed by atoms with Gasteiger partial charge in [-0.2, -0.15) is 0 Å². The van der Waals surface area contributed by atoms with Crippen LogP contribution < -0.4 is 5.32 Å². The molecule has 1 N–H and O–H groups in total. The first kappa shape index (κ1) is 10.5. The van der Waals surface area contributed by atoms with E-state index in [0.29, 0.717) is 0 Å². The van der Waals surface area contributed by atoms with Gasteiger partial charge in [0.05, 0.1) is 0 Å². The summed E-state index contributed by atoms with van der Waals surface area (Å²) in [4.78, 5) is 4.87. The molecule has 1 fully saturated rings. The van der Waals surface area contributed by atoms with Crippen LogP contribution in [0.5, 0.6) is 0 Å². The number of hydrogen-bond acceptors (Lipinski definition) is 3. The van der Waals surface area contributed by atoms with Gasteiger partial charge in [-0.05, 0) is 18.9 Å². The monoisotopic (exact) mass is 222 g/mol. The standard InChI is InChI=1S/C11H14N2OS/c1-12-10(15)11(5-3-7-14-11)9-4-2-6-13-8-9/h2,4,6,8H,3,5,7H2,1H3,(H,12,15)/t11-/m1/s1. The second-order valence-electron chi connectivity index (χ2n) is 3.60. The fourth-order valence-corrected chi connectivity index (χ4v) is 2.26. The normalized spacial score (nSPS) is 25.1. The molecule has 1 saturated heterocycles. The van der Waals surface area contributed by atoms with Crippen LogP contribution >= 0.6 is 12.2 Å². The molecule has 0 radical (unpaired) electrons. The first-order chi connectivity index (χ1) is 7.29. The molecule has 0 aromatic carbocycles. The van der Waals surface area contributed by atoms with Crippen molar-refractivity contribution in [2.75, 3.05) is 13.7 Å². The smallest absolute Gasteiger partial charge is 0.144 e. The largest absolute Gasteiger partial charge is 0.380 e. The lowest BCUT2D eigenvalue weighted by Crippen LogP contribution is -2.41. The molecule has 1 aliphatic heterocycles. The summed E-state index contributed by atoms with van der Waals surface area (Å²) in [6.45, 7) is 0.761. The Kier molecular flexibility index (Phi) is 2.98. The molecule has 3 nitrogen and oxygen atoms in total. The van der Waals surface area contributed by atoms with Crippen LogP contribution in [0.4, 0.5) is 0 Å². The van der Waals surface area contributed by atoms with Crippen molar-refractivity contribution in [2.45, 2.75) is 18.4 Å². The molecule has 0 aliphatic carbocycles. The van der Waals surface area contributed by atoms with Crippen LogP contribution in [0.1, 0.15) is 18.4 Å². The van der Waals surface area contributed by atoms with Crippen molar-refractivity contribution in [1.29, 1.82) is 0 Å². The topological polar surface area (TPSA) is 34.2 Å². The van der Waals surface area contributed by atoms with Gasteiger partial charge in [-0.1, -0.05) is 18.3 Å². The minimum atomic E-state index is -0.446. The Hall–Kier alpha value is -1.00. The van der Waals surface area contributed by atoms with Crippen molar-refractivity contribution in [3.63, 3.8) is 0 Å². The summed E-state index contributed by atoms with van der Waals surface area (Å²) >= 11 is 5.35. The van der Waals surface area contributed by atoms with Gasteiger partial charge in [0.2, 0.25) is 0 Å². The Morgan fingerprint density at radius 1 is 1.67 bits per heavy atom. The summed E-state index contributed by atoms with van der Waals surface area (Å²) in [5.74, 6) is 0. The van der Waals surface area contributed by atoms with Crippen LogP contribution in [0.2, 0.25) is 0 Å². The lowest BCUT2D eigenvalue weighted by molar-refractivity contribution is 0.0595. The molecular formula is C11H14N2OS. The summed E-state index contributed by atoms with van der Waals surface area (Å²) in [6.07, 6.45) is 5.55. The molecular weight excluding hydrogens is 208 g/mol. The van der Waals surface area contributed by atoms with Crippen molar-refractivity contribution < 1.29 is 4.74 Å². The lowest BCUT2D eigenvalue weighted by atomic mass is 9.92. The second kappa shape index (κ2) is 4.24. The number of rotatable bonds is 2. The summed E-state index contributed by atoms with van der Waals surface area (Å²) in [5.41, 5.74) is 0.597. The van der Waals surface area contributed by atoms with Crippen LogP contribution in [0.25, 0.3) is 0 Å². The van der Waals surface area contributed by atoms with Crippen LogP contribution in [0.3, 0.4) is 0 Å². The third kappa shape index (κ3) is 1.75. The van der Waals surface area contributed by atoms with E-state index in [-0.39, 0.29) is 0 Å². The van der Waals surface area contributed by atoms with E-state index in [4.69, 9.17) is 17.0 Å². The minimum absolute atomic E-state index is 0.446. The number of thiocarbonyl (C=S) groups is 1. The number of nitrogens with one attached hydrogen (secondary N) is 1.